The lowest BCUT2D eigenvalue weighted by atomic mass is 10.1. The number of hydrogen-bond donors (Lipinski definition) is 1. The van der Waals surface area contributed by atoms with Crippen LogP contribution in [0, 0.1) is 11.3 Å². The number of nitrogens with one attached hydrogen (secondary N) is 1. The van der Waals surface area contributed by atoms with E-state index in [2.05, 4.69) is 5.32 Å². The van der Waals surface area contributed by atoms with Crippen molar-refractivity contribution in [2.75, 3.05) is 38.0 Å². The molecule has 0 atom stereocenters. The average Bonchev–Trinajstić information content (AvgIpc) is 2.70. The third-order valence-electron chi connectivity index (χ3n) is 3.97. The number of amides is 1. The molecule has 0 saturated heterocycles. The summed E-state index contributed by atoms with van der Waals surface area (Å²) in [4.78, 5) is 13.9. The monoisotopic (exact) mass is 419 g/mol. The second-order valence-electron chi connectivity index (χ2n) is 6.30. The minimum Gasteiger partial charge on any atom is -0.493 e. The maximum absolute atomic E-state index is 13.0. The molecule has 0 aromatic heterocycles. The number of anilines is 2. The SMILES string of the molecule is COc1cc(/C=C/C(=O)Nc2cc(C(F)(F)F)ccc2N(C)C)ccc1OCC#N. The molecular weight excluding hydrogens is 399 g/mol. The molecule has 0 fully saturated rings. The van der Waals surface area contributed by atoms with Crippen molar-refractivity contribution in [3.8, 4) is 17.6 Å². The minimum absolute atomic E-state index is 0.0438. The van der Waals surface area contributed by atoms with Crippen LogP contribution in [0.2, 0.25) is 0 Å². The van der Waals surface area contributed by atoms with Gasteiger partial charge >= 0.3 is 6.18 Å². The standard InChI is InChI=1S/C21H20F3N3O3/c1-27(2)17-7-6-15(21(22,23)24)13-16(17)26-20(28)9-5-14-4-8-18(30-11-10-25)19(12-14)29-3/h4-9,12-13H,11H2,1-3H3,(H,26,28)/b9-5+. The molecule has 30 heavy (non-hydrogen) atoms. The first-order chi connectivity index (χ1) is 14.2. The van der Waals surface area contributed by atoms with E-state index in [9.17, 15) is 18.0 Å². The van der Waals surface area contributed by atoms with E-state index in [1.807, 2.05) is 6.07 Å². The number of halogens is 3. The molecule has 0 saturated carbocycles. The fourth-order valence-electron chi connectivity index (χ4n) is 2.57. The number of hydrogen-bond acceptors (Lipinski definition) is 5. The Morgan fingerprint density at radius 1 is 1.20 bits per heavy atom. The zero-order valence-corrected chi connectivity index (χ0v) is 16.6. The molecule has 2 rings (SSSR count). The zero-order chi connectivity index (χ0) is 22.3. The predicted molar refractivity (Wildman–Crippen MR) is 108 cm³/mol. The van der Waals surface area contributed by atoms with Crippen LogP contribution in [-0.2, 0) is 11.0 Å². The van der Waals surface area contributed by atoms with Gasteiger partial charge in [0.15, 0.2) is 18.1 Å². The summed E-state index contributed by atoms with van der Waals surface area (Å²) in [5, 5.41) is 11.1. The molecule has 0 unspecified atom stereocenters. The van der Waals surface area contributed by atoms with Crippen molar-refractivity contribution in [2.45, 2.75) is 6.18 Å². The molecule has 0 aliphatic heterocycles. The first kappa shape index (κ1) is 22.6. The van der Waals surface area contributed by atoms with Crippen LogP contribution in [0.1, 0.15) is 11.1 Å². The van der Waals surface area contributed by atoms with E-state index >= 15 is 0 Å². The van der Waals surface area contributed by atoms with Crippen molar-refractivity contribution in [1.29, 1.82) is 5.26 Å². The molecule has 2 aromatic carbocycles. The molecule has 0 heterocycles. The number of carbonyl (C=O) groups is 1. The number of methoxy groups -OCH3 is 1. The lowest BCUT2D eigenvalue weighted by Gasteiger charge is -2.19. The van der Waals surface area contributed by atoms with Crippen LogP contribution in [0.3, 0.4) is 0 Å². The molecule has 0 bridgehead atoms. The van der Waals surface area contributed by atoms with Crippen molar-refractivity contribution in [3.63, 3.8) is 0 Å². The number of alkyl halides is 3. The Morgan fingerprint density at radius 2 is 1.93 bits per heavy atom. The normalized spacial score (nSPS) is 11.1. The highest BCUT2D eigenvalue weighted by Gasteiger charge is 2.31. The molecule has 1 N–H and O–H groups in total. The van der Waals surface area contributed by atoms with Gasteiger partial charge in [-0.25, -0.2) is 0 Å². The van der Waals surface area contributed by atoms with Crippen LogP contribution >= 0.6 is 0 Å². The lowest BCUT2D eigenvalue weighted by Crippen LogP contribution is -2.16. The van der Waals surface area contributed by atoms with Gasteiger partial charge in [0.05, 0.1) is 24.0 Å². The van der Waals surface area contributed by atoms with Gasteiger partial charge in [0.2, 0.25) is 5.91 Å². The second-order valence-corrected chi connectivity index (χ2v) is 6.30. The molecule has 9 heteroatoms. The predicted octanol–water partition coefficient (Wildman–Crippen LogP) is 4.33. The number of rotatable bonds is 7. The Hall–Kier alpha value is -3.67. The summed E-state index contributed by atoms with van der Waals surface area (Å²) in [6.07, 6.45) is -1.84. The Bertz CT molecular complexity index is 980. The number of ether oxygens (including phenoxy) is 2. The quantitative estimate of drug-likeness (QED) is 0.676. The summed E-state index contributed by atoms with van der Waals surface area (Å²) in [5.41, 5.74) is 0.223. The first-order valence-corrected chi connectivity index (χ1v) is 8.71. The van der Waals surface area contributed by atoms with E-state index in [1.54, 1.807) is 37.2 Å². The van der Waals surface area contributed by atoms with Crippen LogP contribution in [0.4, 0.5) is 24.5 Å². The highest BCUT2D eigenvalue weighted by molar-refractivity contribution is 6.03. The van der Waals surface area contributed by atoms with Gasteiger partial charge in [-0.05, 0) is 42.0 Å². The number of carbonyl (C=O) groups excluding carboxylic acids is 1. The Labute approximate surface area is 172 Å². The molecule has 0 spiro atoms. The third kappa shape index (κ3) is 5.91. The van der Waals surface area contributed by atoms with E-state index < -0.39 is 17.6 Å². The molecule has 6 nitrogen and oxygen atoms in total. The van der Waals surface area contributed by atoms with Crippen LogP contribution in [0.25, 0.3) is 6.08 Å². The molecular formula is C21H20F3N3O3. The van der Waals surface area contributed by atoms with Gasteiger partial charge in [-0.3, -0.25) is 4.79 Å². The van der Waals surface area contributed by atoms with Crippen LogP contribution < -0.4 is 19.7 Å². The Kier molecular flexibility index (Phi) is 7.31. The first-order valence-electron chi connectivity index (χ1n) is 8.71. The number of benzene rings is 2. The lowest BCUT2D eigenvalue weighted by molar-refractivity contribution is -0.137. The van der Waals surface area contributed by atoms with Crippen LogP contribution in [0.5, 0.6) is 11.5 Å². The van der Waals surface area contributed by atoms with Crippen molar-refractivity contribution >= 4 is 23.4 Å². The summed E-state index contributed by atoms with van der Waals surface area (Å²) in [5.74, 6) is 0.155. The molecule has 0 aliphatic carbocycles. The molecule has 158 valence electrons. The minimum atomic E-state index is -4.52. The molecule has 1 amide bonds. The third-order valence-corrected chi connectivity index (χ3v) is 3.97. The molecule has 0 radical (unpaired) electrons. The fourth-order valence-corrected chi connectivity index (χ4v) is 2.57. The van der Waals surface area contributed by atoms with Crippen molar-refractivity contribution in [3.05, 3.63) is 53.6 Å². The van der Waals surface area contributed by atoms with E-state index in [1.165, 1.54) is 25.3 Å². The molecule has 0 aliphatic rings. The van der Waals surface area contributed by atoms with Gasteiger partial charge < -0.3 is 19.7 Å². The topological polar surface area (TPSA) is 74.6 Å². The van der Waals surface area contributed by atoms with Crippen LogP contribution in [-0.4, -0.2) is 33.7 Å². The number of nitrogens with zero attached hydrogens (tertiary/aromatic N) is 2. The van der Waals surface area contributed by atoms with E-state index in [0.29, 0.717) is 22.7 Å². The van der Waals surface area contributed by atoms with Gasteiger partial charge in [-0.1, -0.05) is 6.07 Å². The van der Waals surface area contributed by atoms with E-state index in [4.69, 9.17) is 14.7 Å². The van der Waals surface area contributed by atoms with Gasteiger partial charge in [-0.15, -0.1) is 0 Å². The average molecular weight is 419 g/mol. The summed E-state index contributed by atoms with van der Waals surface area (Å²) in [6.45, 7) is -0.140. The van der Waals surface area contributed by atoms with E-state index in [-0.39, 0.29) is 12.3 Å². The zero-order valence-electron chi connectivity index (χ0n) is 16.6. The summed E-state index contributed by atoms with van der Waals surface area (Å²) in [6, 6.07) is 9.85. The number of nitriles is 1. The van der Waals surface area contributed by atoms with Crippen LogP contribution in [0.15, 0.2) is 42.5 Å². The van der Waals surface area contributed by atoms with Gasteiger partial charge in [-0.2, -0.15) is 18.4 Å². The highest BCUT2D eigenvalue weighted by Crippen LogP contribution is 2.35. The molecule has 2 aromatic rings. The van der Waals surface area contributed by atoms with Gasteiger partial charge in [0, 0.05) is 20.2 Å². The Morgan fingerprint density at radius 3 is 2.53 bits per heavy atom. The van der Waals surface area contributed by atoms with Crippen molar-refractivity contribution in [1.82, 2.24) is 0 Å². The van der Waals surface area contributed by atoms with Gasteiger partial charge in [0.1, 0.15) is 6.07 Å². The smallest absolute Gasteiger partial charge is 0.416 e. The summed E-state index contributed by atoms with van der Waals surface area (Å²) in [7, 11) is 4.76. The summed E-state index contributed by atoms with van der Waals surface area (Å²) >= 11 is 0. The summed E-state index contributed by atoms with van der Waals surface area (Å²) < 4.78 is 49.4. The Balaban J connectivity index is 2.21. The van der Waals surface area contributed by atoms with Crippen molar-refractivity contribution < 1.29 is 27.4 Å². The fraction of sp³-hybridized carbons (Fsp3) is 0.238. The van der Waals surface area contributed by atoms with Crippen molar-refractivity contribution in [2.24, 2.45) is 0 Å². The van der Waals surface area contributed by atoms with Gasteiger partial charge in [0.25, 0.3) is 0 Å². The second kappa shape index (κ2) is 9.69. The highest BCUT2D eigenvalue weighted by atomic mass is 19.4. The van der Waals surface area contributed by atoms with E-state index in [0.717, 1.165) is 12.1 Å². The largest absolute Gasteiger partial charge is 0.493 e. The maximum Gasteiger partial charge on any atom is 0.416 e. The maximum atomic E-state index is 13.0.